The van der Waals surface area contributed by atoms with E-state index in [9.17, 15) is 4.79 Å². The number of aromatic nitrogens is 4. The van der Waals surface area contributed by atoms with Crippen molar-refractivity contribution in [3.05, 3.63) is 78.4 Å². The molecule has 2 aromatic heterocycles. The maximum Gasteiger partial charge on any atom is 0.323 e. The fourth-order valence-electron chi connectivity index (χ4n) is 3.23. The molecule has 0 fully saturated rings. The molecule has 0 unspecified atom stereocenters. The van der Waals surface area contributed by atoms with Gasteiger partial charge in [0, 0.05) is 17.4 Å². The first-order valence-corrected chi connectivity index (χ1v) is 10.5. The summed E-state index contributed by atoms with van der Waals surface area (Å²) in [5, 5.41) is 10.0. The highest BCUT2D eigenvalue weighted by Crippen LogP contribution is 2.25. The molecule has 9 heteroatoms. The smallest absolute Gasteiger partial charge is 0.323 e. The summed E-state index contributed by atoms with van der Waals surface area (Å²) < 4.78 is 13.1. The number of nitrogens with one attached hydrogen (secondary N) is 2. The molecule has 0 radical (unpaired) electrons. The zero-order valence-corrected chi connectivity index (χ0v) is 18.6. The van der Waals surface area contributed by atoms with E-state index in [-0.39, 0.29) is 6.03 Å². The van der Waals surface area contributed by atoms with Gasteiger partial charge in [0.05, 0.1) is 18.0 Å². The van der Waals surface area contributed by atoms with E-state index in [1.165, 1.54) is 6.33 Å². The number of benzene rings is 2. The quantitative estimate of drug-likeness (QED) is 0.410. The minimum Gasteiger partial charge on any atom is -0.492 e. The number of carbonyl (C=O) groups excluding carboxylic acids is 1. The van der Waals surface area contributed by atoms with Crippen molar-refractivity contribution >= 4 is 17.4 Å². The number of para-hydroxylation sites is 2. The van der Waals surface area contributed by atoms with Gasteiger partial charge >= 0.3 is 6.03 Å². The molecule has 0 aliphatic carbocycles. The number of anilines is 2. The van der Waals surface area contributed by atoms with Crippen LogP contribution in [0, 0.1) is 13.8 Å². The summed E-state index contributed by atoms with van der Waals surface area (Å²) in [6, 6.07) is 17.6. The number of rotatable bonds is 7. The molecule has 0 aliphatic heterocycles. The molecule has 0 atom stereocenters. The van der Waals surface area contributed by atoms with Crippen LogP contribution in [0.1, 0.15) is 18.3 Å². The largest absolute Gasteiger partial charge is 0.492 e. The van der Waals surface area contributed by atoms with Gasteiger partial charge < -0.3 is 20.1 Å². The molecule has 0 saturated heterocycles. The predicted molar refractivity (Wildman–Crippen MR) is 125 cm³/mol. The van der Waals surface area contributed by atoms with Gasteiger partial charge in [-0.3, -0.25) is 0 Å². The predicted octanol–water partition coefficient (Wildman–Crippen LogP) is 5.11. The zero-order chi connectivity index (χ0) is 23.2. The first kappa shape index (κ1) is 21.8. The molecule has 2 amide bonds. The van der Waals surface area contributed by atoms with Gasteiger partial charge in [0.2, 0.25) is 5.88 Å². The topological polar surface area (TPSA) is 103 Å². The van der Waals surface area contributed by atoms with Crippen LogP contribution in [0.25, 0.3) is 5.82 Å². The van der Waals surface area contributed by atoms with Crippen molar-refractivity contribution in [3.63, 3.8) is 0 Å². The minimum absolute atomic E-state index is 0.374. The Bertz CT molecular complexity index is 1250. The van der Waals surface area contributed by atoms with E-state index in [1.54, 1.807) is 47.1 Å². The van der Waals surface area contributed by atoms with E-state index >= 15 is 0 Å². The lowest BCUT2D eigenvalue weighted by atomic mass is 10.3. The fraction of sp³-hybridized carbons (Fsp3) is 0.167. The normalized spacial score (nSPS) is 10.5. The number of aryl methyl sites for hydroxylation is 2. The molecular formula is C24H24N6O3. The van der Waals surface area contributed by atoms with Gasteiger partial charge in [0.15, 0.2) is 5.82 Å². The number of nitrogens with zero attached hydrogens (tertiary/aromatic N) is 4. The van der Waals surface area contributed by atoms with Crippen molar-refractivity contribution in [2.75, 3.05) is 17.2 Å². The second-order valence-electron chi connectivity index (χ2n) is 7.19. The van der Waals surface area contributed by atoms with E-state index in [4.69, 9.17) is 9.47 Å². The van der Waals surface area contributed by atoms with E-state index in [0.29, 0.717) is 41.2 Å². The van der Waals surface area contributed by atoms with Gasteiger partial charge in [-0.25, -0.2) is 19.4 Å². The van der Waals surface area contributed by atoms with Crippen LogP contribution in [0.4, 0.5) is 16.2 Å². The van der Waals surface area contributed by atoms with Crippen LogP contribution in [0.3, 0.4) is 0 Å². The highest BCUT2D eigenvalue weighted by Gasteiger charge is 2.10. The number of carbonyl (C=O) groups is 1. The summed E-state index contributed by atoms with van der Waals surface area (Å²) >= 11 is 0. The Kier molecular flexibility index (Phi) is 6.49. The van der Waals surface area contributed by atoms with Crippen molar-refractivity contribution in [3.8, 4) is 23.2 Å². The highest BCUT2D eigenvalue weighted by atomic mass is 16.5. The Hall–Kier alpha value is -4.40. The van der Waals surface area contributed by atoms with E-state index in [0.717, 1.165) is 11.4 Å². The van der Waals surface area contributed by atoms with Gasteiger partial charge in [-0.05, 0) is 63.2 Å². The lowest BCUT2D eigenvalue weighted by Gasteiger charge is -2.12. The van der Waals surface area contributed by atoms with Gasteiger partial charge in [-0.15, -0.1) is 0 Å². The zero-order valence-electron chi connectivity index (χ0n) is 18.6. The van der Waals surface area contributed by atoms with Crippen LogP contribution < -0.4 is 20.1 Å². The molecule has 2 heterocycles. The highest BCUT2D eigenvalue weighted by molar-refractivity contribution is 6.00. The number of amides is 2. The molecular weight excluding hydrogens is 420 g/mol. The maximum atomic E-state index is 12.4. The third-order valence-electron chi connectivity index (χ3n) is 4.62. The van der Waals surface area contributed by atoms with Crippen molar-refractivity contribution in [2.24, 2.45) is 0 Å². The SMILES string of the molecule is CCOc1ccccc1NC(=O)Nc1ccc(Oc2cc(-n3nc(C)cc3C)ncn2)cc1. The Balaban J connectivity index is 1.39. The Morgan fingerprint density at radius 2 is 1.79 bits per heavy atom. The van der Waals surface area contributed by atoms with Gasteiger partial charge in [-0.2, -0.15) is 5.10 Å². The average molecular weight is 444 g/mol. The van der Waals surface area contributed by atoms with Crippen LogP contribution in [0.2, 0.25) is 0 Å². The lowest BCUT2D eigenvalue weighted by Crippen LogP contribution is -2.19. The molecule has 4 aromatic rings. The molecule has 0 bridgehead atoms. The standard InChI is InChI=1S/C24H24N6O3/c1-4-32-21-8-6-5-7-20(21)28-24(31)27-18-9-11-19(12-10-18)33-23-14-22(25-15-26-23)30-17(3)13-16(2)29-30/h5-15H,4H2,1-3H3,(H2,27,28,31). The summed E-state index contributed by atoms with van der Waals surface area (Å²) in [6.45, 7) is 6.29. The molecule has 4 rings (SSSR count). The van der Waals surface area contributed by atoms with E-state index in [2.05, 4.69) is 25.7 Å². The summed E-state index contributed by atoms with van der Waals surface area (Å²) in [5.74, 6) is 2.19. The van der Waals surface area contributed by atoms with Crippen molar-refractivity contribution < 1.29 is 14.3 Å². The van der Waals surface area contributed by atoms with Gasteiger partial charge in [0.1, 0.15) is 17.8 Å². The first-order chi connectivity index (χ1) is 16.0. The second kappa shape index (κ2) is 9.82. The van der Waals surface area contributed by atoms with Crippen LogP contribution >= 0.6 is 0 Å². The van der Waals surface area contributed by atoms with Crippen molar-refractivity contribution in [1.29, 1.82) is 0 Å². The third kappa shape index (κ3) is 5.45. The number of hydrogen-bond donors (Lipinski definition) is 2. The molecule has 2 N–H and O–H groups in total. The number of urea groups is 1. The van der Waals surface area contributed by atoms with Crippen LogP contribution in [-0.4, -0.2) is 32.4 Å². The Labute approximate surface area is 191 Å². The number of ether oxygens (including phenoxy) is 2. The van der Waals surface area contributed by atoms with Crippen LogP contribution in [0.5, 0.6) is 17.4 Å². The second-order valence-corrected chi connectivity index (χ2v) is 7.19. The molecule has 0 saturated carbocycles. The molecule has 2 aromatic carbocycles. The Morgan fingerprint density at radius 3 is 2.52 bits per heavy atom. The van der Waals surface area contributed by atoms with Crippen LogP contribution in [-0.2, 0) is 0 Å². The van der Waals surface area contributed by atoms with E-state index < -0.39 is 0 Å². The molecule has 0 aliphatic rings. The fourth-order valence-corrected chi connectivity index (χ4v) is 3.23. The first-order valence-electron chi connectivity index (χ1n) is 10.5. The average Bonchev–Trinajstić information content (AvgIpc) is 3.15. The summed E-state index contributed by atoms with van der Waals surface area (Å²) in [5.41, 5.74) is 3.08. The summed E-state index contributed by atoms with van der Waals surface area (Å²) in [7, 11) is 0. The maximum absolute atomic E-state index is 12.4. The molecule has 0 spiro atoms. The minimum atomic E-state index is -0.374. The van der Waals surface area contributed by atoms with E-state index in [1.807, 2.05) is 39.0 Å². The van der Waals surface area contributed by atoms with Crippen LogP contribution in [0.15, 0.2) is 67.0 Å². The summed E-state index contributed by atoms with van der Waals surface area (Å²) in [4.78, 5) is 20.8. The van der Waals surface area contributed by atoms with Crippen molar-refractivity contribution in [2.45, 2.75) is 20.8 Å². The van der Waals surface area contributed by atoms with Gasteiger partial charge in [-0.1, -0.05) is 12.1 Å². The summed E-state index contributed by atoms with van der Waals surface area (Å²) in [6.07, 6.45) is 1.43. The Morgan fingerprint density at radius 1 is 1.00 bits per heavy atom. The lowest BCUT2D eigenvalue weighted by molar-refractivity contribution is 0.262. The molecule has 168 valence electrons. The van der Waals surface area contributed by atoms with Crippen molar-refractivity contribution in [1.82, 2.24) is 19.7 Å². The monoisotopic (exact) mass is 444 g/mol. The molecule has 9 nitrogen and oxygen atoms in total. The van der Waals surface area contributed by atoms with Gasteiger partial charge in [0.25, 0.3) is 0 Å². The third-order valence-corrected chi connectivity index (χ3v) is 4.62. The number of hydrogen-bond acceptors (Lipinski definition) is 6. The molecule has 33 heavy (non-hydrogen) atoms.